The van der Waals surface area contributed by atoms with E-state index in [0.717, 1.165) is 11.1 Å². The first-order chi connectivity index (χ1) is 9.86. The molecule has 3 N–H and O–H groups in total. The smallest absolute Gasteiger partial charge is 0.238 e. The average Bonchev–Trinajstić information content (AvgIpc) is 2.42. The number of nitrogens with two attached hydrogens (primary N) is 1. The summed E-state index contributed by atoms with van der Waals surface area (Å²) >= 11 is 0. The first-order valence-electron chi connectivity index (χ1n) is 6.44. The van der Waals surface area contributed by atoms with Gasteiger partial charge in [0.05, 0.1) is 4.90 Å². The monoisotopic (exact) mass is 308 g/mol. The summed E-state index contributed by atoms with van der Waals surface area (Å²) in [6.07, 6.45) is 0. The van der Waals surface area contributed by atoms with E-state index in [9.17, 15) is 12.8 Å². The molecule has 0 aliphatic carbocycles. The molecule has 6 heteroatoms. The molecule has 4 nitrogen and oxygen atoms in total. The van der Waals surface area contributed by atoms with Gasteiger partial charge in [0.2, 0.25) is 10.0 Å². The van der Waals surface area contributed by atoms with Crippen molar-refractivity contribution >= 4 is 10.0 Å². The van der Waals surface area contributed by atoms with Crippen LogP contribution in [0.1, 0.15) is 16.7 Å². The van der Waals surface area contributed by atoms with Gasteiger partial charge in [-0.1, -0.05) is 24.3 Å². The van der Waals surface area contributed by atoms with Gasteiger partial charge in [-0.25, -0.2) is 17.9 Å². The fourth-order valence-electron chi connectivity index (χ4n) is 1.93. The van der Waals surface area contributed by atoms with Crippen molar-refractivity contribution in [2.75, 3.05) is 0 Å². The maximum absolute atomic E-state index is 13.4. The molecule has 2 rings (SSSR count). The third-order valence-electron chi connectivity index (χ3n) is 3.12. The molecule has 0 saturated heterocycles. The number of halogens is 1. The van der Waals surface area contributed by atoms with Crippen molar-refractivity contribution in [3.8, 4) is 0 Å². The van der Waals surface area contributed by atoms with Gasteiger partial charge in [-0.15, -0.1) is 0 Å². The lowest BCUT2D eigenvalue weighted by Gasteiger charge is -2.07. The first kappa shape index (κ1) is 15.6. The summed E-state index contributed by atoms with van der Waals surface area (Å²) in [4.78, 5) is 0.0863. The number of hydrogen-bond acceptors (Lipinski definition) is 3. The van der Waals surface area contributed by atoms with E-state index in [-0.39, 0.29) is 10.7 Å². The minimum Gasteiger partial charge on any atom is -0.309 e. The van der Waals surface area contributed by atoms with Gasteiger partial charge in [0.15, 0.2) is 0 Å². The molecule has 0 amide bonds. The molecule has 0 heterocycles. The number of benzene rings is 2. The van der Waals surface area contributed by atoms with Crippen molar-refractivity contribution < 1.29 is 12.8 Å². The molecule has 0 unspecified atom stereocenters. The highest BCUT2D eigenvalue weighted by Gasteiger charge is 2.07. The molecule has 0 radical (unpaired) electrons. The maximum atomic E-state index is 13.4. The first-order valence-corrected chi connectivity index (χ1v) is 7.98. The van der Waals surface area contributed by atoms with E-state index in [1.54, 1.807) is 25.1 Å². The summed E-state index contributed by atoms with van der Waals surface area (Å²) in [7, 11) is -3.69. The van der Waals surface area contributed by atoms with Crippen LogP contribution >= 0.6 is 0 Å². The molecule has 21 heavy (non-hydrogen) atoms. The second kappa shape index (κ2) is 6.34. The van der Waals surface area contributed by atoms with Crippen LogP contribution < -0.4 is 10.5 Å². The zero-order chi connectivity index (χ0) is 15.5. The lowest BCUT2D eigenvalue weighted by atomic mass is 10.1. The third kappa shape index (κ3) is 4.35. The van der Waals surface area contributed by atoms with E-state index in [2.05, 4.69) is 5.32 Å². The summed E-state index contributed by atoms with van der Waals surface area (Å²) in [5.74, 6) is -0.231. The normalized spacial score (nSPS) is 11.6. The summed E-state index contributed by atoms with van der Waals surface area (Å²) in [5.41, 5.74) is 2.24. The molecule has 0 aliphatic heterocycles. The number of hydrogen-bond donors (Lipinski definition) is 2. The maximum Gasteiger partial charge on any atom is 0.238 e. The van der Waals surface area contributed by atoms with Crippen LogP contribution in [0.15, 0.2) is 47.4 Å². The highest BCUT2D eigenvalue weighted by molar-refractivity contribution is 7.89. The van der Waals surface area contributed by atoms with Crippen LogP contribution in [0.5, 0.6) is 0 Å². The fourth-order valence-corrected chi connectivity index (χ4v) is 2.51. The number of primary sulfonamides is 1. The topological polar surface area (TPSA) is 72.2 Å². The molecule has 0 atom stereocenters. The predicted molar refractivity (Wildman–Crippen MR) is 79.5 cm³/mol. The molecule has 0 fully saturated rings. The summed E-state index contributed by atoms with van der Waals surface area (Å²) in [6, 6.07) is 11.5. The lowest BCUT2D eigenvalue weighted by molar-refractivity contribution is 0.597. The van der Waals surface area contributed by atoms with Gasteiger partial charge < -0.3 is 5.32 Å². The van der Waals surface area contributed by atoms with Crippen molar-refractivity contribution in [2.45, 2.75) is 24.9 Å². The van der Waals surface area contributed by atoms with Crippen LogP contribution in [0.2, 0.25) is 0 Å². The molecule has 0 aliphatic rings. The average molecular weight is 308 g/mol. The largest absolute Gasteiger partial charge is 0.309 e. The minimum absolute atomic E-state index is 0.0863. The van der Waals surface area contributed by atoms with Crippen molar-refractivity contribution in [3.05, 3.63) is 65.0 Å². The van der Waals surface area contributed by atoms with Crippen molar-refractivity contribution in [3.63, 3.8) is 0 Å². The Morgan fingerprint density at radius 1 is 1.10 bits per heavy atom. The van der Waals surface area contributed by atoms with Crippen LogP contribution in [0.4, 0.5) is 4.39 Å². The number of sulfonamides is 1. The van der Waals surface area contributed by atoms with Gasteiger partial charge in [0.1, 0.15) is 5.82 Å². The molecule has 0 aromatic heterocycles. The van der Waals surface area contributed by atoms with Crippen LogP contribution in [0, 0.1) is 12.7 Å². The Morgan fingerprint density at radius 3 is 2.38 bits per heavy atom. The summed E-state index contributed by atoms with van der Waals surface area (Å²) in [6.45, 7) is 2.68. The quantitative estimate of drug-likeness (QED) is 0.888. The van der Waals surface area contributed by atoms with Gasteiger partial charge in [0, 0.05) is 13.1 Å². The summed E-state index contributed by atoms with van der Waals surface area (Å²) in [5, 5.41) is 8.23. The van der Waals surface area contributed by atoms with Crippen LogP contribution in [0.3, 0.4) is 0 Å². The highest BCUT2D eigenvalue weighted by atomic mass is 32.2. The Labute approximate surface area is 123 Å². The molecule has 0 saturated carbocycles. The van der Waals surface area contributed by atoms with Gasteiger partial charge in [-0.2, -0.15) is 0 Å². The Kier molecular flexibility index (Phi) is 4.72. The minimum atomic E-state index is -3.69. The molecule has 0 bridgehead atoms. The predicted octanol–water partition coefficient (Wildman–Crippen LogP) is 2.07. The van der Waals surface area contributed by atoms with Crippen molar-refractivity contribution in [1.82, 2.24) is 5.32 Å². The number of rotatable bonds is 5. The molecular weight excluding hydrogens is 291 g/mol. The molecule has 2 aromatic rings. The molecule has 0 spiro atoms. The van der Waals surface area contributed by atoms with E-state index in [1.807, 2.05) is 6.07 Å². The van der Waals surface area contributed by atoms with Gasteiger partial charge in [-0.05, 0) is 41.8 Å². The van der Waals surface area contributed by atoms with Crippen LogP contribution in [0.25, 0.3) is 0 Å². The number of aryl methyl sites for hydroxylation is 1. The zero-order valence-electron chi connectivity index (χ0n) is 11.6. The molecule has 2 aromatic carbocycles. The van der Waals surface area contributed by atoms with Gasteiger partial charge in [-0.3, -0.25) is 0 Å². The van der Waals surface area contributed by atoms with E-state index < -0.39 is 10.0 Å². The van der Waals surface area contributed by atoms with E-state index in [1.165, 1.54) is 18.2 Å². The Hall–Kier alpha value is -1.76. The fraction of sp³-hybridized carbons (Fsp3) is 0.200. The molecular formula is C15H17FN2O2S. The van der Waals surface area contributed by atoms with Crippen molar-refractivity contribution in [2.24, 2.45) is 5.14 Å². The molecule has 112 valence electrons. The second-order valence-electron chi connectivity index (χ2n) is 4.88. The van der Waals surface area contributed by atoms with Gasteiger partial charge >= 0.3 is 0 Å². The van der Waals surface area contributed by atoms with E-state index >= 15 is 0 Å². The van der Waals surface area contributed by atoms with E-state index in [0.29, 0.717) is 18.7 Å². The van der Waals surface area contributed by atoms with E-state index in [4.69, 9.17) is 5.14 Å². The highest BCUT2D eigenvalue weighted by Crippen LogP contribution is 2.11. The van der Waals surface area contributed by atoms with Gasteiger partial charge in [0.25, 0.3) is 0 Å². The number of nitrogens with one attached hydrogen (secondary N) is 1. The van der Waals surface area contributed by atoms with Crippen LogP contribution in [-0.4, -0.2) is 8.42 Å². The standard InChI is InChI=1S/C15H17FN2O2S/c1-11-5-6-13(8-15(11)16)10-18-9-12-3-2-4-14(7-12)21(17,19)20/h2-8,18H,9-10H2,1H3,(H2,17,19,20). The zero-order valence-corrected chi connectivity index (χ0v) is 12.5. The third-order valence-corrected chi connectivity index (χ3v) is 4.03. The second-order valence-corrected chi connectivity index (χ2v) is 6.44. The van der Waals surface area contributed by atoms with Crippen LogP contribution in [-0.2, 0) is 23.1 Å². The summed E-state index contributed by atoms with van der Waals surface area (Å²) < 4.78 is 35.9. The SMILES string of the molecule is Cc1ccc(CNCc2cccc(S(N)(=O)=O)c2)cc1F. The Balaban J connectivity index is 1.99. The Morgan fingerprint density at radius 2 is 1.76 bits per heavy atom. The lowest BCUT2D eigenvalue weighted by Crippen LogP contribution is -2.15. The van der Waals surface area contributed by atoms with Crippen molar-refractivity contribution in [1.29, 1.82) is 0 Å². The Bertz CT molecular complexity index is 745.